The van der Waals surface area contributed by atoms with Gasteiger partial charge in [-0.2, -0.15) is 8.42 Å². The first-order valence-electron chi connectivity index (χ1n) is 3.59. The third kappa shape index (κ3) is 1.79. The van der Waals surface area contributed by atoms with Crippen molar-refractivity contribution in [2.75, 3.05) is 0 Å². The van der Waals surface area contributed by atoms with Gasteiger partial charge in [-0.05, 0) is 19.3 Å². The molecule has 0 saturated heterocycles. The predicted octanol–water partition coefficient (Wildman–Crippen LogP) is -1.12. The Morgan fingerprint density at radius 2 is 2.00 bits per heavy atom. The van der Waals surface area contributed by atoms with E-state index < -0.39 is 16.3 Å². The number of nitrogens with two attached hydrogens (primary N) is 2. The average Bonchev–Trinajstić information content (AvgIpc) is 1.94. The van der Waals surface area contributed by atoms with Gasteiger partial charge in [0.2, 0.25) is 10.3 Å². The van der Waals surface area contributed by atoms with Gasteiger partial charge in [0.25, 0.3) is 0 Å². The lowest BCUT2D eigenvalue weighted by atomic mass is 9.92. The van der Waals surface area contributed by atoms with E-state index in [-0.39, 0.29) is 6.04 Å². The zero-order valence-corrected chi connectivity index (χ0v) is 6.97. The van der Waals surface area contributed by atoms with Crippen LogP contribution in [0, 0.1) is 0 Å². The van der Waals surface area contributed by atoms with E-state index in [2.05, 4.69) is 0 Å². The summed E-state index contributed by atoms with van der Waals surface area (Å²) in [5.41, 5.74) is 11.2. The third-order valence-corrected chi connectivity index (χ3v) is 2.91. The van der Waals surface area contributed by atoms with Crippen molar-refractivity contribution in [3.05, 3.63) is 0 Å². The van der Waals surface area contributed by atoms with E-state index in [1.54, 1.807) is 0 Å². The van der Waals surface area contributed by atoms with Crippen molar-refractivity contribution >= 4 is 15.2 Å². The standard InChI is InChI=1S/C6H12N2O2S/c7-4-2-1-3-5(6(4)8)11(9)10/h4,6H,1-3,7-8H2/t4-,6-/m1/s1. The molecule has 0 bridgehead atoms. The Balaban J connectivity index is 2.92. The minimum absolute atomic E-state index is 0.184. The van der Waals surface area contributed by atoms with Crippen LogP contribution in [0.25, 0.3) is 0 Å². The van der Waals surface area contributed by atoms with Crippen molar-refractivity contribution in [3.63, 3.8) is 0 Å². The van der Waals surface area contributed by atoms with Gasteiger partial charge in [-0.1, -0.05) is 0 Å². The van der Waals surface area contributed by atoms with Gasteiger partial charge in [0.05, 0.1) is 10.9 Å². The highest BCUT2D eigenvalue weighted by molar-refractivity contribution is 7.73. The van der Waals surface area contributed by atoms with Gasteiger partial charge < -0.3 is 11.5 Å². The van der Waals surface area contributed by atoms with Crippen LogP contribution in [-0.2, 0) is 10.3 Å². The maximum absolute atomic E-state index is 10.5. The molecule has 0 amide bonds. The molecule has 0 aliphatic heterocycles. The predicted molar refractivity (Wildman–Crippen MR) is 43.7 cm³/mol. The summed E-state index contributed by atoms with van der Waals surface area (Å²) < 4.78 is 21.1. The van der Waals surface area contributed by atoms with Crippen LogP contribution in [0.3, 0.4) is 0 Å². The van der Waals surface area contributed by atoms with Gasteiger partial charge in [-0.25, -0.2) is 0 Å². The first kappa shape index (κ1) is 8.70. The van der Waals surface area contributed by atoms with Crippen LogP contribution in [0.4, 0.5) is 0 Å². The van der Waals surface area contributed by atoms with Crippen LogP contribution in [0.15, 0.2) is 0 Å². The van der Waals surface area contributed by atoms with Crippen LogP contribution in [0.1, 0.15) is 19.3 Å². The maximum Gasteiger partial charge on any atom is 0.214 e. The van der Waals surface area contributed by atoms with Crippen molar-refractivity contribution in [2.45, 2.75) is 31.3 Å². The van der Waals surface area contributed by atoms with Crippen LogP contribution >= 0.6 is 0 Å². The van der Waals surface area contributed by atoms with E-state index in [9.17, 15) is 8.42 Å². The molecule has 0 aromatic carbocycles. The smallest absolute Gasteiger partial charge is 0.214 e. The van der Waals surface area contributed by atoms with Gasteiger partial charge in [-0.15, -0.1) is 0 Å². The van der Waals surface area contributed by atoms with Crippen molar-refractivity contribution in [2.24, 2.45) is 11.5 Å². The molecule has 4 N–H and O–H groups in total. The van der Waals surface area contributed by atoms with Crippen LogP contribution in [-0.4, -0.2) is 25.4 Å². The summed E-state index contributed by atoms with van der Waals surface area (Å²) in [4.78, 5) is 0.378. The summed E-state index contributed by atoms with van der Waals surface area (Å²) in [7, 11) is -2.14. The molecule has 1 aliphatic carbocycles. The fourth-order valence-electron chi connectivity index (χ4n) is 1.29. The molecule has 4 nitrogen and oxygen atoms in total. The highest BCUT2D eigenvalue weighted by atomic mass is 32.2. The largest absolute Gasteiger partial charge is 0.326 e. The van der Waals surface area contributed by atoms with Crippen molar-refractivity contribution < 1.29 is 8.42 Å². The molecule has 1 saturated carbocycles. The van der Waals surface area contributed by atoms with E-state index in [4.69, 9.17) is 11.5 Å². The molecular weight excluding hydrogens is 164 g/mol. The molecule has 0 aromatic heterocycles. The molecule has 64 valence electrons. The van der Waals surface area contributed by atoms with Crippen LogP contribution in [0.2, 0.25) is 0 Å². The van der Waals surface area contributed by atoms with Gasteiger partial charge in [-0.3, -0.25) is 0 Å². The van der Waals surface area contributed by atoms with Gasteiger partial charge in [0.1, 0.15) is 0 Å². The monoisotopic (exact) mass is 176 g/mol. The van der Waals surface area contributed by atoms with E-state index in [0.717, 1.165) is 12.8 Å². The first-order valence-corrected chi connectivity index (χ1v) is 4.66. The normalized spacial score (nSPS) is 32.0. The average molecular weight is 176 g/mol. The topological polar surface area (TPSA) is 86.2 Å². The summed E-state index contributed by atoms with van der Waals surface area (Å²) in [6, 6.07) is -0.640. The van der Waals surface area contributed by atoms with Gasteiger partial charge in [0.15, 0.2) is 0 Å². The van der Waals surface area contributed by atoms with Crippen molar-refractivity contribution in [1.29, 1.82) is 0 Å². The molecule has 11 heavy (non-hydrogen) atoms. The summed E-state index contributed by atoms with van der Waals surface area (Å²) in [6.07, 6.45) is 2.23. The molecule has 0 heterocycles. The lowest BCUT2D eigenvalue weighted by Gasteiger charge is -2.24. The first-order chi connectivity index (χ1) is 5.13. The third-order valence-electron chi connectivity index (χ3n) is 2.01. The molecule has 2 atom stereocenters. The molecule has 0 radical (unpaired) electrons. The molecule has 1 fully saturated rings. The van der Waals surface area contributed by atoms with Gasteiger partial charge >= 0.3 is 0 Å². The molecule has 1 aliphatic rings. The van der Waals surface area contributed by atoms with Gasteiger partial charge in [0, 0.05) is 6.04 Å². The summed E-state index contributed by atoms with van der Waals surface area (Å²) in [6.45, 7) is 0. The molecule has 0 aromatic rings. The number of rotatable bonds is 0. The zero-order valence-electron chi connectivity index (χ0n) is 6.16. The Morgan fingerprint density at radius 1 is 1.36 bits per heavy atom. The Labute approximate surface area is 67.1 Å². The SMILES string of the molecule is N[C@@H]1CCCC(=S(=O)=O)[C@@H]1N. The molecular formula is C6H12N2O2S. The second-order valence-electron chi connectivity index (χ2n) is 2.78. The van der Waals surface area contributed by atoms with Crippen LogP contribution < -0.4 is 11.5 Å². The number of hydrogen-bond acceptors (Lipinski definition) is 4. The molecule has 1 rings (SSSR count). The zero-order chi connectivity index (χ0) is 8.43. The van der Waals surface area contributed by atoms with Crippen molar-refractivity contribution in [3.8, 4) is 0 Å². The highest BCUT2D eigenvalue weighted by Crippen LogP contribution is 2.12. The fourth-order valence-corrected chi connectivity index (χ4v) is 2.00. The van der Waals surface area contributed by atoms with E-state index in [1.807, 2.05) is 0 Å². The molecule has 0 unspecified atom stereocenters. The van der Waals surface area contributed by atoms with Crippen molar-refractivity contribution in [1.82, 2.24) is 0 Å². The van der Waals surface area contributed by atoms with E-state index in [1.165, 1.54) is 0 Å². The minimum atomic E-state index is -2.14. The highest BCUT2D eigenvalue weighted by Gasteiger charge is 2.24. The number of hydrogen-bond donors (Lipinski definition) is 2. The summed E-state index contributed by atoms with van der Waals surface area (Å²) >= 11 is 0. The molecule has 0 spiro atoms. The summed E-state index contributed by atoms with van der Waals surface area (Å²) in [5, 5.41) is 0. The minimum Gasteiger partial charge on any atom is -0.326 e. The van der Waals surface area contributed by atoms with Crippen LogP contribution in [0.5, 0.6) is 0 Å². The fraction of sp³-hybridized carbons (Fsp3) is 0.833. The Hall–Kier alpha value is -0.390. The Bertz CT molecular complexity index is 262. The quantitative estimate of drug-likeness (QED) is 0.458. The van der Waals surface area contributed by atoms with E-state index in [0.29, 0.717) is 11.3 Å². The molecule has 5 heteroatoms. The second kappa shape index (κ2) is 3.34. The maximum atomic E-state index is 10.5. The second-order valence-corrected chi connectivity index (χ2v) is 3.78. The lowest BCUT2D eigenvalue weighted by Crippen LogP contribution is -2.49. The lowest BCUT2D eigenvalue weighted by molar-refractivity contribution is 0.522. The Kier molecular flexibility index (Phi) is 2.64. The van der Waals surface area contributed by atoms with E-state index >= 15 is 0 Å². The Morgan fingerprint density at radius 3 is 2.45 bits per heavy atom. The summed E-state index contributed by atoms with van der Waals surface area (Å²) in [5.74, 6) is 0.